The van der Waals surface area contributed by atoms with Crippen LogP contribution >= 0.6 is 12.2 Å². The van der Waals surface area contributed by atoms with Crippen molar-refractivity contribution in [2.45, 2.75) is 13.8 Å². The number of nitrogens with zero attached hydrogens (tertiary/aromatic N) is 1. The highest BCUT2D eigenvalue weighted by atomic mass is 32.1. The first-order valence-corrected chi connectivity index (χ1v) is 6.44. The van der Waals surface area contributed by atoms with E-state index in [1.165, 1.54) is 23.3 Å². The fourth-order valence-corrected chi connectivity index (χ4v) is 2.73. The van der Waals surface area contributed by atoms with Crippen LogP contribution in [0.25, 0.3) is 16.7 Å². The van der Waals surface area contributed by atoms with Crippen molar-refractivity contribution in [2.75, 3.05) is 0 Å². The molecule has 1 aromatic heterocycles. The summed E-state index contributed by atoms with van der Waals surface area (Å²) in [6.45, 7) is 4.10. The van der Waals surface area contributed by atoms with Gasteiger partial charge in [0.15, 0.2) is 4.77 Å². The summed E-state index contributed by atoms with van der Waals surface area (Å²) in [7, 11) is 0. The Morgan fingerprint density at radius 2 is 1.74 bits per heavy atom. The fraction of sp³-hybridized carbons (Fsp3) is 0.133. The van der Waals surface area contributed by atoms with E-state index >= 15 is 0 Å². The lowest BCUT2D eigenvalue weighted by molar-refractivity contribution is 0.629. The Morgan fingerprint density at radius 1 is 1.05 bits per heavy atom. The first-order valence-electron chi connectivity index (χ1n) is 6.03. The Kier molecular flexibility index (Phi) is 2.75. The Balaban J connectivity index is 2.36. The zero-order valence-electron chi connectivity index (χ0n) is 10.7. The first kappa shape index (κ1) is 12.1. The van der Waals surface area contributed by atoms with Crippen LogP contribution in [0.2, 0.25) is 0 Å². The van der Waals surface area contributed by atoms with E-state index in [0.29, 0.717) is 10.3 Å². The fourth-order valence-electron chi connectivity index (χ4n) is 2.42. The van der Waals surface area contributed by atoms with Crippen LogP contribution in [-0.4, -0.2) is 9.55 Å². The second-order valence-corrected chi connectivity index (χ2v) is 5.16. The van der Waals surface area contributed by atoms with Gasteiger partial charge in [-0.05, 0) is 67.5 Å². The van der Waals surface area contributed by atoms with Gasteiger partial charge in [-0.2, -0.15) is 0 Å². The highest BCUT2D eigenvalue weighted by Gasteiger charge is 2.08. The van der Waals surface area contributed by atoms with Gasteiger partial charge < -0.3 is 4.98 Å². The van der Waals surface area contributed by atoms with E-state index in [4.69, 9.17) is 12.2 Å². The standard InChI is InChI=1S/C15H13FN2S/c1-9-5-10(2)7-12(6-9)18-14-4-3-11(16)8-13(14)17-15(18)19/h3-8H,1-2H3,(H,17,19). The van der Waals surface area contributed by atoms with E-state index in [1.807, 2.05) is 4.57 Å². The molecule has 3 aromatic rings. The van der Waals surface area contributed by atoms with Crippen LogP contribution in [0.15, 0.2) is 36.4 Å². The first-order chi connectivity index (χ1) is 9.04. The largest absolute Gasteiger partial charge is 0.330 e. The molecule has 0 aliphatic heterocycles. The van der Waals surface area contributed by atoms with Crippen molar-refractivity contribution in [3.63, 3.8) is 0 Å². The van der Waals surface area contributed by atoms with Gasteiger partial charge in [0.25, 0.3) is 0 Å². The molecule has 2 nitrogen and oxygen atoms in total. The summed E-state index contributed by atoms with van der Waals surface area (Å²) >= 11 is 5.35. The average molecular weight is 272 g/mol. The van der Waals surface area contributed by atoms with Gasteiger partial charge in [0.05, 0.1) is 11.0 Å². The molecule has 0 atom stereocenters. The molecule has 0 saturated carbocycles. The summed E-state index contributed by atoms with van der Waals surface area (Å²) in [6, 6.07) is 10.9. The molecular weight excluding hydrogens is 259 g/mol. The van der Waals surface area contributed by atoms with Crippen LogP contribution < -0.4 is 0 Å². The van der Waals surface area contributed by atoms with Gasteiger partial charge in [0.1, 0.15) is 5.82 Å². The molecule has 0 aliphatic carbocycles. The molecule has 0 spiro atoms. The minimum absolute atomic E-state index is 0.267. The number of halogens is 1. The van der Waals surface area contributed by atoms with E-state index in [-0.39, 0.29) is 5.82 Å². The summed E-state index contributed by atoms with van der Waals surface area (Å²) in [5.74, 6) is -0.267. The summed E-state index contributed by atoms with van der Waals surface area (Å²) in [4.78, 5) is 3.04. The monoisotopic (exact) mass is 272 g/mol. The van der Waals surface area contributed by atoms with Gasteiger partial charge in [-0.3, -0.25) is 4.57 Å². The quantitative estimate of drug-likeness (QED) is 0.649. The minimum Gasteiger partial charge on any atom is -0.330 e. The maximum atomic E-state index is 13.2. The molecule has 1 N–H and O–H groups in total. The maximum absolute atomic E-state index is 13.2. The van der Waals surface area contributed by atoms with Crippen molar-refractivity contribution in [1.82, 2.24) is 9.55 Å². The summed E-state index contributed by atoms with van der Waals surface area (Å²) < 4.78 is 15.8. The molecule has 2 aromatic carbocycles. The third-order valence-electron chi connectivity index (χ3n) is 3.11. The van der Waals surface area contributed by atoms with Gasteiger partial charge >= 0.3 is 0 Å². The minimum atomic E-state index is -0.267. The highest BCUT2D eigenvalue weighted by molar-refractivity contribution is 7.71. The molecular formula is C15H13FN2S. The number of nitrogens with one attached hydrogen (secondary N) is 1. The summed E-state index contributed by atoms with van der Waals surface area (Å²) in [5, 5.41) is 0. The van der Waals surface area contributed by atoms with Crippen molar-refractivity contribution in [1.29, 1.82) is 0 Å². The molecule has 0 saturated heterocycles. The van der Waals surface area contributed by atoms with Gasteiger partial charge in [-0.1, -0.05) is 6.07 Å². The molecule has 19 heavy (non-hydrogen) atoms. The molecule has 1 heterocycles. The van der Waals surface area contributed by atoms with Gasteiger partial charge in [0.2, 0.25) is 0 Å². The van der Waals surface area contributed by atoms with E-state index in [0.717, 1.165) is 11.2 Å². The number of hydrogen-bond donors (Lipinski definition) is 1. The highest BCUT2D eigenvalue weighted by Crippen LogP contribution is 2.22. The molecule has 0 unspecified atom stereocenters. The molecule has 0 radical (unpaired) electrons. The van der Waals surface area contributed by atoms with Crippen molar-refractivity contribution in [3.8, 4) is 5.69 Å². The van der Waals surface area contributed by atoms with Crippen LogP contribution in [0.5, 0.6) is 0 Å². The maximum Gasteiger partial charge on any atom is 0.182 e. The van der Waals surface area contributed by atoms with E-state index in [2.05, 4.69) is 37.0 Å². The lowest BCUT2D eigenvalue weighted by Crippen LogP contribution is -1.95. The second kappa shape index (κ2) is 4.31. The zero-order chi connectivity index (χ0) is 13.6. The number of H-pyrrole nitrogens is 1. The Hall–Kier alpha value is -1.94. The smallest absolute Gasteiger partial charge is 0.182 e. The van der Waals surface area contributed by atoms with Crippen LogP contribution in [0, 0.1) is 24.4 Å². The third kappa shape index (κ3) is 2.08. The SMILES string of the molecule is Cc1cc(C)cc(-n2c(=S)[nH]c3cc(F)ccc32)c1. The number of aryl methyl sites for hydroxylation is 2. The van der Waals surface area contributed by atoms with Crippen LogP contribution in [0.4, 0.5) is 4.39 Å². The Morgan fingerprint density at radius 3 is 2.42 bits per heavy atom. The number of aromatic nitrogens is 2. The number of benzene rings is 2. The van der Waals surface area contributed by atoms with Gasteiger partial charge in [-0.15, -0.1) is 0 Å². The van der Waals surface area contributed by atoms with Crippen molar-refractivity contribution < 1.29 is 4.39 Å². The van der Waals surface area contributed by atoms with E-state index in [1.54, 1.807) is 6.07 Å². The number of imidazole rings is 1. The Bertz CT molecular complexity index is 810. The van der Waals surface area contributed by atoms with Crippen molar-refractivity contribution in [2.24, 2.45) is 0 Å². The lowest BCUT2D eigenvalue weighted by Gasteiger charge is -2.07. The summed E-state index contributed by atoms with van der Waals surface area (Å²) in [5.41, 5.74) is 4.95. The van der Waals surface area contributed by atoms with Crippen LogP contribution in [-0.2, 0) is 0 Å². The predicted octanol–water partition coefficient (Wildman–Crippen LogP) is 4.44. The van der Waals surface area contributed by atoms with E-state index < -0.39 is 0 Å². The van der Waals surface area contributed by atoms with Crippen LogP contribution in [0.1, 0.15) is 11.1 Å². The van der Waals surface area contributed by atoms with E-state index in [9.17, 15) is 4.39 Å². The molecule has 0 aliphatic rings. The molecule has 0 amide bonds. The topological polar surface area (TPSA) is 20.7 Å². The summed E-state index contributed by atoms with van der Waals surface area (Å²) in [6.07, 6.45) is 0. The normalized spacial score (nSPS) is 11.1. The molecule has 96 valence electrons. The number of hydrogen-bond acceptors (Lipinski definition) is 1. The third-order valence-corrected chi connectivity index (χ3v) is 3.39. The van der Waals surface area contributed by atoms with Crippen LogP contribution in [0.3, 0.4) is 0 Å². The molecule has 0 bridgehead atoms. The number of aromatic amines is 1. The van der Waals surface area contributed by atoms with Crippen molar-refractivity contribution in [3.05, 3.63) is 58.1 Å². The molecule has 0 fully saturated rings. The number of fused-ring (bicyclic) bond motifs is 1. The Labute approximate surface area is 115 Å². The second-order valence-electron chi connectivity index (χ2n) is 4.77. The molecule has 4 heteroatoms. The zero-order valence-corrected chi connectivity index (χ0v) is 11.5. The average Bonchev–Trinajstić information content (AvgIpc) is 2.62. The predicted molar refractivity (Wildman–Crippen MR) is 77.9 cm³/mol. The number of rotatable bonds is 1. The van der Waals surface area contributed by atoms with Gasteiger partial charge in [0, 0.05) is 5.69 Å². The lowest BCUT2D eigenvalue weighted by atomic mass is 10.1. The van der Waals surface area contributed by atoms with Crippen molar-refractivity contribution >= 4 is 23.3 Å². The molecule has 3 rings (SSSR count). The van der Waals surface area contributed by atoms with Gasteiger partial charge in [-0.25, -0.2) is 4.39 Å².